The highest BCUT2D eigenvalue weighted by molar-refractivity contribution is 5.02. The van der Waals surface area contributed by atoms with Gasteiger partial charge in [0.25, 0.3) is 0 Å². The fraction of sp³-hybridized carbons (Fsp3) is 0.854. The fourth-order valence-corrected chi connectivity index (χ4v) is 6.15. The standard InChI is InChI=1S/2C8H16.3C8H14.CH4.H2/c5*1-7-3-5-8(2)6-4-7;;/h2*7-8H,3-6H2,1-2H3;3,8H,4-6H2,1-2H3;2*3,5,7-8H,4,6H2,1-2H3;1H4;1H. The Morgan fingerprint density at radius 1 is 0.415 bits per heavy atom. The molecule has 0 heterocycles. The molecule has 0 N–H and O–H groups in total. The van der Waals surface area contributed by atoms with Gasteiger partial charge in [0.15, 0.2) is 0 Å². The van der Waals surface area contributed by atoms with E-state index in [1.54, 1.807) is 5.57 Å². The van der Waals surface area contributed by atoms with Gasteiger partial charge in [-0.3, -0.25) is 0 Å². The van der Waals surface area contributed by atoms with Crippen molar-refractivity contribution in [1.82, 2.24) is 0 Å². The van der Waals surface area contributed by atoms with Crippen LogP contribution in [0.1, 0.15) is 174 Å². The van der Waals surface area contributed by atoms with Crippen molar-refractivity contribution >= 4 is 0 Å². The quantitative estimate of drug-likeness (QED) is 0.253. The maximum Gasteiger partial charge on any atom is 0 e. The van der Waals surface area contributed by atoms with Crippen LogP contribution in [0.2, 0.25) is 0 Å². The topological polar surface area (TPSA) is 0 Å². The smallest absolute Gasteiger partial charge is 0 e. The van der Waals surface area contributed by atoms with Gasteiger partial charge >= 0.3 is 0 Å². The Hall–Kier alpha value is -0.780. The van der Waals surface area contributed by atoms with Crippen molar-refractivity contribution in [2.24, 2.45) is 53.3 Å². The molecule has 5 rings (SSSR count). The normalized spacial score (nSPS) is 36.0. The average Bonchev–Trinajstić information content (AvgIpc) is 2.94. The highest BCUT2D eigenvalue weighted by Gasteiger charge is 2.14. The molecule has 0 radical (unpaired) electrons. The van der Waals surface area contributed by atoms with E-state index in [4.69, 9.17) is 0 Å². The molecule has 244 valence electrons. The summed E-state index contributed by atoms with van der Waals surface area (Å²) in [5.41, 5.74) is 1.59. The minimum atomic E-state index is 0. The van der Waals surface area contributed by atoms with E-state index < -0.39 is 0 Å². The van der Waals surface area contributed by atoms with Crippen molar-refractivity contribution in [2.75, 3.05) is 0 Å². The van der Waals surface area contributed by atoms with Gasteiger partial charge < -0.3 is 0 Å². The molecule has 0 amide bonds. The molecule has 41 heavy (non-hydrogen) atoms. The van der Waals surface area contributed by atoms with E-state index in [0.717, 1.165) is 53.3 Å². The minimum absolute atomic E-state index is 0. The number of allylic oxidation sites excluding steroid dienone is 6. The van der Waals surface area contributed by atoms with Gasteiger partial charge in [0.1, 0.15) is 0 Å². The third-order valence-electron chi connectivity index (χ3n) is 10.2. The van der Waals surface area contributed by atoms with Gasteiger partial charge in [-0.15, -0.1) is 0 Å². The monoisotopic (exact) mass is 573 g/mol. The molecule has 0 saturated heterocycles. The summed E-state index contributed by atoms with van der Waals surface area (Å²) in [5.74, 6) is 8.38. The first-order valence-electron chi connectivity index (χ1n) is 18.0. The second-order valence-corrected chi connectivity index (χ2v) is 15.5. The average molecular weight is 573 g/mol. The van der Waals surface area contributed by atoms with E-state index in [-0.39, 0.29) is 8.85 Å². The van der Waals surface area contributed by atoms with Crippen molar-refractivity contribution in [3.8, 4) is 0 Å². The molecule has 0 aliphatic heterocycles. The lowest BCUT2D eigenvalue weighted by Crippen LogP contribution is -2.08. The molecule has 5 unspecified atom stereocenters. The minimum Gasteiger partial charge on any atom is -0.0854 e. The first-order chi connectivity index (χ1) is 18.9. The van der Waals surface area contributed by atoms with Crippen LogP contribution in [0.15, 0.2) is 36.0 Å². The molecule has 5 atom stereocenters. The Bertz CT molecular complexity index is 596. The highest BCUT2D eigenvalue weighted by Crippen LogP contribution is 2.28. The van der Waals surface area contributed by atoms with E-state index in [0.29, 0.717) is 0 Å². The van der Waals surface area contributed by atoms with Crippen molar-refractivity contribution in [3.05, 3.63) is 36.0 Å². The molecule has 0 bridgehead atoms. The summed E-state index contributed by atoms with van der Waals surface area (Å²) in [6.07, 6.45) is 33.1. The molecule has 5 aliphatic carbocycles. The first kappa shape index (κ1) is 40.2. The summed E-state index contributed by atoms with van der Waals surface area (Å²) in [5, 5.41) is 0. The highest BCUT2D eigenvalue weighted by atomic mass is 14.2. The molecule has 0 aromatic heterocycles. The van der Waals surface area contributed by atoms with Gasteiger partial charge in [0, 0.05) is 1.43 Å². The molecular formula is C41H80. The van der Waals surface area contributed by atoms with Crippen LogP contribution in [0.4, 0.5) is 0 Å². The van der Waals surface area contributed by atoms with Crippen molar-refractivity contribution in [2.45, 2.75) is 173 Å². The van der Waals surface area contributed by atoms with Crippen LogP contribution >= 0.6 is 0 Å². The summed E-state index contributed by atoms with van der Waals surface area (Å²) in [4.78, 5) is 0. The van der Waals surface area contributed by atoms with Crippen LogP contribution in [0.5, 0.6) is 0 Å². The van der Waals surface area contributed by atoms with E-state index in [9.17, 15) is 0 Å². The Labute approximate surface area is 263 Å². The van der Waals surface area contributed by atoms with Gasteiger partial charge in [-0.2, -0.15) is 0 Å². The Balaban J connectivity index is 0. The van der Waals surface area contributed by atoms with Crippen LogP contribution in [0, 0.1) is 53.3 Å². The third-order valence-corrected chi connectivity index (χ3v) is 10.2. The van der Waals surface area contributed by atoms with Crippen LogP contribution < -0.4 is 0 Å². The second-order valence-electron chi connectivity index (χ2n) is 15.5. The lowest BCUT2D eigenvalue weighted by molar-refractivity contribution is 0.308. The number of hydrogen-bond acceptors (Lipinski definition) is 0. The lowest BCUT2D eigenvalue weighted by atomic mass is 9.84. The molecular weight excluding hydrogens is 492 g/mol. The maximum absolute atomic E-state index is 2.37. The van der Waals surface area contributed by atoms with Crippen LogP contribution in [0.3, 0.4) is 0 Å². The van der Waals surface area contributed by atoms with Crippen LogP contribution in [0.25, 0.3) is 0 Å². The zero-order valence-electron chi connectivity index (χ0n) is 29.2. The van der Waals surface area contributed by atoms with E-state index in [2.05, 4.69) is 99.6 Å². The zero-order valence-corrected chi connectivity index (χ0v) is 29.2. The number of rotatable bonds is 0. The van der Waals surface area contributed by atoms with Gasteiger partial charge in [0.05, 0.1) is 0 Å². The van der Waals surface area contributed by atoms with Gasteiger partial charge in [-0.1, -0.05) is 157 Å². The molecule has 2 fully saturated rings. The van der Waals surface area contributed by atoms with E-state index in [1.165, 1.54) is 96.3 Å². The predicted octanol–water partition coefficient (Wildman–Crippen LogP) is 14.5. The van der Waals surface area contributed by atoms with Crippen LogP contribution in [-0.4, -0.2) is 0 Å². The first-order valence-corrected chi connectivity index (χ1v) is 18.0. The third kappa shape index (κ3) is 22.4. The van der Waals surface area contributed by atoms with Gasteiger partial charge in [-0.05, 0) is 105 Å². The summed E-state index contributed by atoms with van der Waals surface area (Å²) < 4.78 is 0. The van der Waals surface area contributed by atoms with Crippen molar-refractivity contribution in [1.29, 1.82) is 0 Å². The molecule has 0 spiro atoms. The lowest BCUT2D eigenvalue weighted by Gasteiger charge is -2.22. The summed E-state index contributed by atoms with van der Waals surface area (Å²) >= 11 is 0. The Morgan fingerprint density at radius 2 is 0.683 bits per heavy atom. The van der Waals surface area contributed by atoms with E-state index in [1.807, 2.05) is 0 Å². The summed E-state index contributed by atoms with van der Waals surface area (Å²) in [7, 11) is 0. The number of hydrogen-bond donors (Lipinski definition) is 0. The largest absolute Gasteiger partial charge is 0.0854 e. The predicted molar refractivity (Wildman–Crippen MR) is 193 cm³/mol. The van der Waals surface area contributed by atoms with Crippen LogP contribution in [-0.2, 0) is 0 Å². The molecule has 0 aromatic rings. The van der Waals surface area contributed by atoms with E-state index >= 15 is 0 Å². The van der Waals surface area contributed by atoms with Gasteiger partial charge in [-0.25, -0.2) is 0 Å². The molecule has 0 nitrogen and oxygen atoms in total. The maximum atomic E-state index is 2.37. The Morgan fingerprint density at radius 3 is 0.854 bits per heavy atom. The van der Waals surface area contributed by atoms with Crippen molar-refractivity contribution < 1.29 is 1.43 Å². The zero-order chi connectivity index (χ0) is 29.9. The fourth-order valence-electron chi connectivity index (χ4n) is 6.15. The van der Waals surface area contributed by atoms with Gasteiger partial charge in [0.2, 0.25) is 0 Å². The molecule has 0 heteroatoms. The molecule has 0 aromatic carbocycles. The summed E-state index contributed by atoms with van der Waals surface area (Å²) in [6.45, 7) is 23.1. The Kier molecular flexibility index (Phi) is 23.2. The molecule has 2 saturated carbocycles. The second kappa shape index (κ2) is 23.6. The van der Waals surface area contributed by atoms with Crippen molar-refractivity contribution in [3.63, 3.8) is 0 Å². The SMILES string of the molecule is C.CC1=CCC(C)CC1.CC1C=CC(C)CC1.CC1C=CC(C)CC1.CC1CCC(C)CC1.CC1CCC(C)CC1.[HH]. The summed E-state index contributed by atoms with van der Waals surface area (Å²) in [6, 6.07) is 0. The molecule has 5 aliphatic rings.